The summed E-state index contributed by atoms with van der Waals surface area (Å²) in [5.74, 6) is -2.00. The molecule has 1 N–H and O–H groups in total. The Morgan fingerprint density at radius 1 is 1.12 bits per heavy atom. The second kappa shape index (κ2) is 3.77. The van der Waals surface area contributed by atoms with E-state index in [0.29, 0.717) is 5.56 Å². The predicted octanol–water partition coefficient (Wildman–Crippen LogP) is 0.478. The summed E-state index contributed by atoms with van der Waals surface area (Å²) in [4.78, 5) is 35.5. The molecule has 0 unspecified atom stereocenters. The van der Waals surface area contributed by atoms with Gasteiger partial charge in [-0.25, -0.2) is 4.79 Å². The number of barbiturate groups is 1. The summed E-state index contributed by atoms with van der Waals surface area (Å²) in [6, 6.07) is 7.97. The molecule has 0 saturated carbocycles. The van der Waals surface area contributed by atoms with Crippen LogP contribution in [-0.2, 0) is 9.59 Å². The van der Waals surface area contributed by atoms with Gasteiger partial charge in [0, 0.05) is 7.05 Å². The average molecular weight is 218 g/mol. The average Bonchev–Trinajstić information content (AvgIpc) is 2.28. The molecule has 0 bridgehead atoms. The number of nitrogens with zero attached hydrogens (tertiary/aromatic N) is 1. The van der Waals surface area contributed by atoms with Gasteiger partial charge >= 0.3 is 6.03 Å². The van der Waals surface area contributed by atoms with Gasteiger partial charge in [-0.2, -0.15) is 0 Å². The van der Waals surface area contributed by atoms with Crippen molar-refractivity contribution in [3.8, 4) is 0 Å². The molecule has 0 spiro atoms. The van der Waals surface area contributed by atoms with E-state index in [4.69, 9.17) is 0 Å². The monoisotopic (exact) mass is 218 g/mol. The third kappa shape index (κ3) is 1.56. The van der Waals surface area contributed by atoms with Gasteiger partial charge in [0.05, 0.1) is 0 Å². The molecular weight excluding hydrogens is 208 g/mol. The van der Waals surface area contributed by atoms with E-state index in [0.717, 1.165) is 4.90 Å². The molecule has 5 nitrogen and oxygen atoms in total. The molecule has 4 amide bonds. The topological polar surface area (TPSA) is 66.5 Å². The van der Waals surface area contributed by atoms with E-state index < -0.39 is 23.8 Å². The third-order valence-corrected chi connectivity index (χ3v) is 2.51. The van der Waals surface area contributed by atoms with Crippen LogP contribution in [0.5, 0.6) is 0 Å². The number of hydrogen-bond acceptors (Lipinski definition) is 3. The van der Waals surface area contributed by atoms with Crippen LogP contribution in [0.1, 0.15) is 11.5 Å². The lowest BCUT2D eigenvalue weighted by Crippen LogP contribution is -2.55. The maximum absolute atomic E-state index is 11.8. The molecule has 1 aliphatic rings. The van der Waals surface area contributed by atoms with Crippen LogP contribution in [0.4, 0.5) is 4.79 Å². The van der Waals surface area contributed by atoms with Crippen LogP contribution >= 0.6 is 0 Å². The molecule has 1 fully saturated rings. The number of carbonyl (C=O) groups excluding carboxylic acids is 3. The molecule has 1 aromatic carbocycles. The van der Waals surface area contributed by atoms with Crippen molar-refractivity contribution in [2.45, 2.75) is 5.92 Å². The van der Waals surface area contributed by atoms with E-state index in [-0.39, 0.29) is 0 Å². The highest BCUT2D eigenvalue weighted by atomic mass is 16.2. The van der Waals surface area contributed by atoms with Crippen molar-refractivity contribution >= 4 is 17.8 Å². The zero-order valence-electron chi connectivity index (χ0n) is 8.64. The number of nitrogens with one attached hydrogen (secondary N) is 1. The summed E-state index contributed by atoms with van der Waals surface area (Å²) in [5, 5.41) is 2.14. The molecule has 5 heteroatoms. The largest absolute Gasteiger partial charge is 0.330 e. The first kappa shape index (κ1) is 10.4. The molecule has 16 heavy (non-hydrogen) atoms. The molecule has 1 atom stereocenters. The van der Waals surface area contributed by atoms with Crippen molar-refractivity contribution in [3.63, 3.8) is 0 Å². The molecule has 1 saturated heterocycles. The fraction of sp³-hybridized carbons (Fsp3) is 0.182. The fourth-order valence-electron chi connectivity index (χ4n) is 1.61. The number of imide groups is 2. The zero-order chi connectivity index (χ0) is 11.7. The summed E-state index contributed by atoms with van der Waals surface area (Å²) in [6.45, 7) is 0. The van der Waals surface area contributed by atoms with Gasteiger partial charge in [0.2, 0.25) is 11.8 Å². The Morgan fingerprint density at radius 2 is 1.75 bits per heavy atom. The molecule has 1 aromatic rings. The SMILES string of the molecule is CN1C(=O)NC(=O)[C@@H](c2ccccc2)C1=O. The van der Waals surface area contributed by atoms with Gasteiger partial charge in [0.25, 0.3) is 0 Å². The van der Waals surface area contributed by atoms with Crippen LogP contribution in [-0.4, -0.2) is 29.8 Å². The lowest BCUT2D eigenvalue weighted by atomic mass is 9.95. The zero-order valence-corrected chi connectivity index (χ0v) is 8.64. The van der Waals surface area contributed by atoms with Gasteiger partial charge in [-0.1, -0.05) is 30.3 Å². The predicted molar refractivity (Wildman–Crippen MR) is 55.5 cm³/mol. The summed E-state index contributed by atoms with van der Waals surface area (Å²) >= 11 is 0. The molecule has 1 aliphatic heterocycles. The standard InChI is InChI=1S/C11H10N2O3/c1-13-10(15)8(9(14)12-11(13)16)7-5-3-2-4-6-7/h2-6,8H,1H3,(H,12,14,16)/t8-/m1/s1. The van der Waals surface area contributed by atoms with Crippen LogP contribution < -0.4 is 5.32 Å². The third-order valence-electron chi connectivity index (χ3n) is 2.51. The number of rotatable bonds is 1. The highest BCUT2D eigenvalue weighted by molar-refractivity contribution is 6.19. The molecule has 2 rings (SSSR count). The van der Waals surface area contributed by atoms with Crippen LogP contribution in [0.2, 0.25) is 0 Å². The lowest BCUT2D eigenvalue weighted by Gasteiger charge is -2.27. The van der Waals surface area contributed by atoms with E-state index >= 15 is 0 Å². The van der Waals surface area contributed by atoms with Gasteiger partial charge < -0.3 is 0 Å². The molecule has 1 heterocycles. The fourth-order valence-corrected chi connectivity index (χ4v) is 1.61. The Morgan fingerprint density at radius 3 is 2.38 bits per heavy atom. The Hall–Kier alpha value is -2.17. The van der Waals surface area contributed by atoms with Crippen molar-refractivity contribution in [2.75, 3.05) is 7.05 Å². The minimum Gasteiger partial charge on any atom is -0.277 e. The second-order valence-electron chi connectivity index (χ2n) is 3.54. The molecule has 0 aliphatic carbocycles. The van der Waals surface area contributed by atoms with E-state index in [1.807, 2.05) is 0 Å². The van der Waals surface area contributed by atoms with Gasteiger partial charge in [-0.05, 0) is 5.56 Å². The number of hydrogen-bond donors (Lipinski definition) is 1. The van der Waals surface area contributed by atoms with E-state index in [2.05, 4.69) is 5.32 Å². The van der Waals surface area contributed by atoms with E-state index in [9.17, 15) is 14.4 Å². The normalized spacial score (nSPS) is 20.9. The summed E-state index contributed by atoms with van der Waals surface area (Å²) < 4.78 is 0. The number of amides is 4. The summed E-state index contributed by atoms with van der Waals surface area (Å²) in [6.07, 6.45) is 0. The molecular formula is C11H10N2O3. The van der Waals surface area contributed by atoms with Crippen molar-refractivity contribution in [2.24, 2.45) is 0 Å². The second-order valence-corrected chi connectivity index (χ2v) is 3.54. The molecule has 0 radical (unpaired) electrons. The highest BCUT2D eigenvalue weighted by Gasteiger charge is 2.39. The number of carbonyl (C=O) groups is 3. The Labute approximate surface area is 92.0 Å². The number of urea groups is 1. The van der Waals surface area contributed by atoms with Gasteiger partial charge in [-0.3, -0.25) is 19.8 Å². The van der Waals surface area contributed by atoms with Crippen LogP contribution in [0, 0.1) is 0 Å². The van der Waals surface area contributed by atoms with Gasteiger partial charge in [0.1, 0.15) is 5.92 Å². The number of benzene rings is 1. The van der Waals surface area contributed by atoms with E-state index in [1.54, 1.807) is 30.3 Å². The first-order valence-corrected chi connectivity index (χ1v) is 4.78. The maximum Gasteiger partial charge on any atom is 0.330 e. The maximum atomic E-state index is 11.8. The minimum atomic E-state index is -0.927. The van der Waals surface area contributed by atoms with Crippen LogP contribution in [0.3, 0.4) is 0 Å². The van der Waals surface area contributed by atoms with Crippen molar-refractivity contribution in [3.05, 3.63) is 35.9 Å². The highest BCUT2D eigenvalue weighted by Crippen LogP contribution is 2.21. The Balaban J connectivity index is 2.38. The van der Waals surface area contributed by atoms with Crippen LogP contribution in [0.25, 0.3) is 0 Å². The first-order chi connectivity index (χ1) is 7.61. The quantitative estimate of drug-likeness (QED) is 0.697. The first-order valence-electron chi connectivity index (χ1n) is 4.78. The smallest absolute Gasteiger partial charge is 0.277 e. The minimum absolute atomic E-state index is 0.500. The molecule has 82 valence electrons. The van der Waals surface area contributed by atoms with Crippen molar-refractivity contribution in [1.29, 1.82) is 0 Å². The van der Waals surface area contributed by atoms with Gasteiger partial charge in [-0.15, -0.1) is 0 Å². The lowest BCUT2D eigenvalue weighted by molar-refractivity contribution is -0.137. The Kier molecular flexibility index (Phi) is 2.44. The summed E-state index contributed by atoms with van der Waals surface area (Å²) in [5.41, 5.74) is 0.587. The van der Waals surface area contributed by atoms with Crippen molar-refractivity contribution < 1.29 is 14.4 Å². The molecule has 0 aromatic heterocycles. The Bertz CT molecular complexity index is 456. The summed E-state index contributed by atoms with van der Waals surface area (Å²) in [7, 11) is 1.35. The van der Waals surface area contributed by atoms with E-state index in [1.165, 1.54) is 7.05 Å². The van der Waals surface area contributed by atoms with Crippen molar-refractivity contribution in [1.82, 2.24) is 10.2 Å². The van der Waals surface area contributed by atoms with Crippen LogP contribution in [0.15, 0.2) is 30.3 Å². The van der Waals surface area contributed by atoms with Gasteiger partial charge in [0.15, 0.2) is 0 Å². The number of likely N-dealkylation sites (N-methyl/N-ethyl adjacent to an activating group) is 1.